The van der Waals surface area contributed by atoms with Crippen molar-refractivity contribution in [1.82, 2.24) is 0 Å². The van der Waals surface area contributed by atoms with Gasteiger partial charge in [0.15, 0.2) is 0 Å². The van der Waals surface area contributed by atoms with E-state index < -0.39 is 10.1 Å². The van der Waals surface area contributed by atoms with Gasteiger partial charge in [0, 0.05) is 6.42 Å². The second kappa shape index (κ2) is 4.23. The summed E-state index contributed by atoms with van der Waals surface area (Å²) in [6.45, 7) is 0. The van der Waals surface area contributed by atoms with Crippen molar-refractivity contribution in [2.75, 3.05) is 5.73 Å². The van der Waals surface area contributed by atoms with Crippen LogP contribution < -0.4 is 5.73 Å². The number of furan rings is 1. The number of benzene rings is 1. The molecule has 1 aromatic carbocycles. The lowest BCUT2D eigenvalue weighted by Gasteiger charge is -2.08. The number of nitrogen functional groups attached to an aromatic ring is 1. The molecule has 0 aliphatic heterocycles. The third-order valence-corrected chi connectivity index (χ3v) is 3.37. The second-order valence-electron chi connectivity index (χ2n) is 3.62. The monoisotopic (exact) mass is 253 g/mol. The minimum atomic E-state index is -4.32. The highest BCUT2D eigenvalue weighted by Crippen LogP contribution is 2.25. The molecule has 0 unspecified atom stereocenters. The molecule has 0 amide bonds. The summed E-state index contributed by atoms with van der Waals surface area (Å²) in [5.74, 6) is 0. The summed E-state index contributed by atoms with van der Waals surface area (Å²) in [6, 6.07) is 6.39. The van der Waals surface area contributed by atoms with Crippen LogP contribution in [0.1, 0.15) is 11.1 Å². The van der Waals surface area contributed by atoms with Gasteiger partial charge in [-0.3, -0.25) is 4.55 Å². The third-order valence-electron chi connectivity index (χ3n) is 2.36. The van der Waals surface area contributed by atoms with Crippen LogP contribution in [0.3, 0.4) is 0 Å². The molecule has 5 nitrogen and oxygen atoms in total. The summed E-state index contributed by atoms with van der Waals surface area (Å²) in [7, 11) is -4.32. The highest BCUT2D eigenvalue weighted by Gasteiger charge is 2.19. The molecular formula is C11H11NO4S. The smallest absolute Gasteiger partial charge is 0.296 e. The van der Waals surface area contributed by atoms with Gasteiger partial charge in [0.2, 0.25) is 0 Å². The Bertz CT molecular complexity index is 617. The van der Waals surface area contributed by atoms with Gasteiger partial charge in [0.1, 0.15) is 4.90 Å². The molecule has 1 aromatic heterocycles. The van der Waals surface area contributed by atoms with Crippen molar-refractivity contribution in [2.24, 2.45) is 0 Å². The van der Waals surface area contributed by atoms with E-state index in [4.69, 9.17) is 14.7 Å². The van der Waals surface area contributed by atoms with Gasteiger partial charge in [-0.25, -0.2) is 0 Å². The van der Waals surface area contributed by atoms with E-state index in [1.165, 1.54) is 18.6 Å². The maximum atomic E-state index is 11.3. The molecule has 0 aliphatic carbocycles. The van der Waals surface area contributed by atoms with Crippen LogP contribution in [0.2, 0.25) is 0 Å². The highest BCUT2D eigenvalue weighted by molar-refractivity contribution is 7.86. The van der Waals surface area contributed by atoms with E-state index in [2.05, 4.69) is 0 Å². The maximum absolute atomic E-state index is 11.3. The van der Waals surface area contributed by atoms with Crippen molar-refractivity contribution < 1.29 is 17.4 Å². The van der Waals surface area contributed by atoms with E-state index in [-0.39, 0.29) is 10.6 Å². The molecule has 0 fully saturated rings. The molecule has 0 saturated heterocycles. The van der Waals surface area contributed by atoms with Gasteiger partial charge in [0.25, 0.3) is 10.1 Å². The van der Waals surface area contributed by atoms with E-state index >= 15 is 0 Å². The van der Waals surface area contributed by atoms with Crippen molar-refractivity contribution in [2.45, 2.75) is 11.3 Å². The molecule has 0 aliphatic rings. The average Bonchev–Trinajstić information content (AvgIpc) is 2.68. The summed E-state index contributed by atoms with van der Waals surface area (Å²) < 4.78 is 36.6. The molecule has 2 rings (SSSR count). The summed E-state index contributed by atoms with van der Waals surface area (Å²) in [4.78, 5) is -0.235. The van der Waals surface area contributed by atoms with Crippen LogP contribution in [0.5, 0.6) is 0 Å². The van der Waals surface area contributed by atoms with Crippen molar-refractivity contribution >= 4 is 15.8 Å². The Kier molecular flexibility index (Phi) is 2.91. The molecule has 3 N–H and O–H groups in total. The van der Waals surface area contributed by atoms with Gasteiger partial charge in [-0.1, -0.05) is 12.1 Å². The first kappa shape index (κ1) is 11.7. The third kappa shape index (κ3) is 2.48. The van der Waals surface area contributed by atoms with E-state index in [1.54, 1.807) is 18.2 Å². The first-order valence-electron chi connectivity index (χ1n) is 4.84. The Morgan fingerprint density at radius 1 is 1.29 bits per heavy atom. The first-order chi connectivity index (χ1) is 7.98. The normalized spacial score (nSPS) is 11.6. The fraction of sp³-hybridized carbons (Fsp3) is 0.0909. The van der Waals surface area contributed by atoms with Gasteiger partial charge >= 0.3 is 0 Å². The van der Waals surface area contributed by atoms with Crippen LogP contribution in [0.15, 0.2) is 46.1 Å². The molecule has 0 saturated carbocycles. The van der Waals surface area contributed by atoms with Gasteiger partial charge in [-0.2, -0.15) is 8.42 Å². The Morgan fingerprint density at radius 3 is 2.65 bits per heavy atom. The number of hydrogen-bond donors (Lipinski definition) is 2. The van der Waals surface area contributed by atoms with Gasteiger partial charge in [-0.15, -0.1) is 0 Å². The lowest BCUT2D eigenvalue weighted by atomic mass is 10.1. The van der Waals surface area contributed by atoms with E-state index in [9.17, 15) is 8.42 Å². The number of hydrogen-bond acceptors (Lipinski definition) is 4. The zero-order chi connectivity index (χ0) is 12.5. The van der Waals surface area contributed by atoms with Crippen LogP contribution in [0.25, 0.3) is 0 Å². The highest BCUT2D eigenvalue weighted by atomic mass is 32.2. The molecule has 0 atom stereocenters. The zero-order valence-corrected chi connectivity index (χ0v) is 9.65. The maximum Gasteiger partial charge on any atom is 0.296 e. The lowest BCUT2D eigenvalue weighted by Crippen LogP contribution is -2.07. The molecule has 0 spiro atoms. The molecule has 0 bridgehead atoms. The first-order valence-corrected chi connectivity index (χ1v) is 6.28. The summed E-state index contributed by atoms with van der Waals surface area (Å²) in [5, 5.41) is 0. The molecule has 6 heteroatoms. The Morgan fingerprint density at radius 2 is 2.06 bits per heavy atom. The van der Waals surface area contributed by atoms with Crippen LogP contribution in [-0.2, 0) is 16.5 Å². The minimum absolute atomic E-state index is 0.0356. The Balaban J connectivity index is 2.51. The molecule has 2 aromatic rings. The molecule has 90 valence electrons. The molecule has 17 heavy (non-hydrogen) atoms. The fourth-order valence-electron chi connectivity index (χ4n) is 1.67. The van der Waals surface area contributed by atoms with E-state index in [0.717, 1.165) is 5.56 Å². The van der Waals surface area contributed by atoms with Crippen molar-refractivity contribution in [1.29, 1.82) is 0 Å². The quantitative estimate of drug-likeness (QED) is 0.641. The van der Waals surface area contributed by atoms with Crippen LogP contribution in [-0.4, -0.2) is 13.0 Å². The summed E-state index contributed by atoms with van der Waals surface area (Å²) in [6.07, 6.45) is 3.34. The van der Waals surface area contributed by atoms with Crippen LogP contribution in [0, 0.1) is 0 Å². The Labute approximate surface area is 98.6 Å². The van der Waals surface area contributed by atoms with Crippen LogP contribution >= 0.6 is 0 Å². The number of rotatable bonds is 3. The zero-order valence-electron chi connectivity index (χ0n) is 8.83. The predicted octanol–water partition coefficient (Wildman–Crippen LogP) is 1.70. The largest absolute Gasteiger partial charge is 0.472 e. The lowest BCUT2D eigenvalue weighted by molar-refractivity contribution is 0.482. The van der Waals surface area contributed by atoms with Gasteiger partial charge in [-0.05, 0) is 23.3 Å². The van der Waals surface area contributed by atoms with Gasteiger partial charge < -0.3 is 10.2 Å². The standard InChI is InChI=1S/C11H11NO4S/c12-10-3-1-2-9(11(10)17(13,14)15)6-8-4-5-16-7-8/h1-5,7H,6,12H2,(H,13,14,15). The Hall–Kier alpha value is -1.79. The topological polar surface area (TPSA) is 93.5 Å². The van der Waals surface area contributed by atoms with E-state index in [1.807, 2.05) is 0 Å². The number of nitrogens with two attached hydrogens (primary N) is 1. The predicted molar refractivity (Wildman–Crippen MR) is 62.2 cm³/mol. The van der Waals surface area contributed by atoms with Crippen molar-refractivity contribution in [3.8, 4) is 0 Å². The minimum Gasteiger partial charge on any atom is -0.472 e. The van der Waals surface area contributed by atoms with Crippen LogP contribution in [0.4, 0.5) is 5.69 Å². The summed E-state index contributed by atoms with van der Waals surface area (Å²) >= 11 is 0. The number of anilines is 1. The van der Waals surface area contributed by atoms with Crippen molar-refractivity contribution in [3.05, 3.63) is 47.9 Å². The average molecular weight is 253 g/mol. The molecule has 1 heterocycles. The SMILES string of the molecule is Nc1cccc(Cc2ccoc2)c1S(=O)(=O)O. The molecule has 0 radical (unpaired) electrons. The summed E-state index contributed by atoms with van der Waals surface area (Å²) in [5.41, 5.74) is 6.85. The molecular weight excluding hydrogens is 242 g/mol. The van der Waals surface area contributed by atoms with Crippen molar-refractivity contribution in [3.63, 3.8) is 0 Å². The van der Waals surface area contributed by atoms with Gasteiger partial charge in [0.05, 0.1) is 18.2 Å². The fourth-order valence-corrected chi connectivity index (χ4v) is 2.51. The second-order valence-corrected chi connectivity index (χ2v) is 4.98. The van der Waals surface area contributed by atoms with E-state index in [0.29, 0.717) is 12.0 Å².